The number of aromatic nitrogens is 6. The molecule has 194 valence electrons. The minimum Gasteiger partial charge on any atom is -0.386 e. The number of nitrogens with two attached hydrogens (primary N) is 1. The molecule has 1 amide bonds. The van der Waals surface area contributed by atoms with Crippen LogP contribution in [-0.2, 0) is 12.0 Å². The van der Waals surface area contributed by atoms with Crippen molar-refractivity contribution in [2.24, 2.45) is 10.7 Å². The quantitative estimate of drug-likeness (QED) is 0.352. The van der Waals surface area contributed by atoms with Gasteiger partial charge in [-0.1, -0.05) is 24.3 Å². The fourth-order valence-corrected chi connectivity index (χ4v) is 4.61. The molecule has 3 N–H and O–H groups in total. The monoisotopic (exact) mass is 521 g/mol. The van der Waals surface area contributed by atoms with Crippen molar-refractivity contribution in [3.63, 3.8) is 0 Å². The molecule has 5 aromatic rings. The first-order chi connectivity index (χ1) is 18.7. The molecule has 0 fully saturated rings. The summed E-state index contributed by atoms with van der Waals surface area (Å²) in [5.41, 5.74) is 8.30. The van der Waals surface area contributed by atoms with E-state index in [1.54, 1.807) is 47.4 Å². The number of rotatable bonds is 5. The lowest BCUT2D eigenvalue weighted by molar-refractivity contribution is 0.102. The molecular weight excluding hydrogens is 497 g/mol. The zero-order valence-electron chi connectivity index (χ0n) is 21.5. The summed E-state index contributed by atoms with van der Waals surface area (Å²) in [6, 6.07) is 13.7. The minimum atomic E-state index is -0.770. The summed E-state index contributed by atoms with van der Waals surface area (Å²) in [5.74, 6) is 0.405. The molecule has 10 nitrogen and oxygen atoms in total. The predicted octanol–water partition coefficient (Wildman–Crippen LogP) is 4.31. The van der Waals surface area contributed by atoms with Gasteiger partial charge in [0.05, 0.1) is 17.3 Å². The van der Waals surface area contributed by atoms with Crippen LogP contribution < -0.4 is 11.1 Å². The number of aryl methyl sites for hydroxylation is 1. The molecule has 1 aliphatic heterocycles. The van der Waals surface area contributed by atoms with Crippen molar-refractivity contribution >= 4 is 34.4 Å². The van der Waals surface area contributed by atoms with Crippen LogP contribution in [0.15, 0.2) is 65.9 Å². The summed E-state index contributed by atoms with van der Waals surface area (Å²) in [6.07, 6.45) is 3.24. The van der Waals surface area contributed by atoms with Gasteiger partial charge in [0, 0.05) is 23.5 Å². The van der Waals surface area contributed by atoms with Gasteiger partial charge in [0.2, 0.25) is 0 Å². The molecule has 39 heavy (non-hydrogen) atoms. The van der Waals surface area contributed by atoms with Crippen LogP contribution in [0.1, 0.15) is 41.0 Å². The Hall–Kier alpha value is -5.06. The third-order valence-electron chi connectivity index (χ3n) is 6.83. The molecule has 1 aliphatic rings. The number of amidine groups is 1. The maximum absolute atomic E-state index is 14.5. The highest BCUT2D eigenvalue weighted by Gasteiger charge is 2.40. The molecular formula is C28H24FN9O. The van der Waals surface area contributed by atoms with Gasteiger partial charge in [-0.15, -0.1) is 0 Å². The second-order valence-corrected chi connectivity index (χ2v) is 9.81. The van der Waals surface area contributed by atoms with E-state index in [4.69, 9.17) is 15.8 Å². The lowest BCUT2D eigenvalue weighted by Gasteiger charge is -2.21. The number of nitrogens with zero attached hydrogens (tertiary/aromatic N) is 7. The van der Waals surface area contributed by atoms with E-state index in [1.165, 1.54) is 6.07 Å². The lowest BCUT2D eigenvalue weighted by Crippen LogP contribution is -2.34. The maximum Gasteiger partial charge on any atom is 0.275 e. The SMILES string of the molecule is Cc1cccnc1NC(=O)c1nc(-c2nn(Cc3ccccc3F)c3ncccc23)nc2c1C(C)(C)C(N)=N2. The van der Waals surface area contributed by atoms with E-state index in [0.29, 0.717) is 45.3 Å². The van der Waals surface area contributed by atoms with Crippen LogP contribution in [-0.4, -0.2) is 41.5 Å². The van der Waals surface area contributed by atoms with Gasteiger partial charge in [0.1, 0.15) is 28.9 Å². The Morgan fingerprint density at radius 2 is 1.82 bits per heavy atom. The normalized spacial score (nSPS) is 13.8. The number of amides is 1. The smallest absolute Gasteiger partial charge is 0.275 e. The molecule has 6 rings (SSSR count). The molecule has 0 atom stereocenters. The van der Waals surface area contributed by atoms with Gasteiger partial charge < -0.3 is 11.1 Å². The van der Waals surface area contributed by atoms with Crippen LogP contribution in [0.4, 0.5) is 16.0 Å². The van der Waals surface area contributed by atoms with Gasteiger partial charge in [-0.2, -0.15) is 5.10 Å². The standard InChI is InChI=1S/C28H24FN9O/c1-15-8-6-12-31-22(15)35-26(39)21-19-23(36-27(30)28(19,2)3)34-24(33-21)20-17-10-7-13-32-25(17)38(37-20)14-16-9-4-5-11-18(16)29/h4-13H,14H2,1-3H3,(H,31,35,39)(H2,30,33,34,36). The highest BCUT2D eigenvalue weighted by molar-refractivity contribution is 6.09. The van der Waals surface area contributed by atoms with Crippen molar-refractivity contribution in [3.8, 4) is 11.5 Å². The van der Waals surface area contributed by atoms with E-state index in [1.807, 2.05) is 32.9 Å². The van der Waals surface area contributed by atoms with Crippen LogP contribution in [0, 0.1) is 12.7 Å². The Bertz CT molecular complexity index is 1810. The van der Waals surface area contributed by atoms with E-state index < -0.39 is 11.3 Å². The van der Waals surface area contributed by atoms with Crippen LogP contribution in [0.25, 0.3) is 22.6 Å². The zero-order valence-corrected chi connectivity index (χ0v) is 21.5. The number of pyridine rings is 2. The van der Waals surface area contributed by atoms with Crippen molar-refractivity contribution in [1.29, 1.82) is 0 Å². The van der Waals surface area contributed by atoms with E-state index in [2.05, 4.69) is 25.3 Å². The lowest BCUT2D eigenvalue weighted by atomic mass is 9.84. The van der Waals surface area contributed by atoms with Crippen molar-refractivity contribution < 1.29 is 9.18 Å². The number of carbonyl (C=O) groups is 1. The van der Waals surface area contributed by atoms with Crippen molar-refractivity contribution in [1.82, 2.24) is 29.7 Å². The fraction of sp³-hybridized carbons (Fsp3) is 0.179. The molecule has 0 saturated carbocycles. The molecule has 0 saturated heterocycles. The minimum absolute atomic E-state index is 0.120. The summed E-state index contributed by atoms with van der Waals surface area (Å²) < 4.78 is 16.0. The first kappa shape index (κ1) is 24.3. The number of nitrogens with one attached hydrogen (secondary N) is 1. The number of aliphatic imine (C=N–C) groups is 1. The number of hydrogen-bond acceptors (Lipinski definition) is 8. The molecule has 1 aromatic carbocycles. The average molecular weight is 522 g/mol. The van der Waals surface area contributed by atoms with E-state index in [-0.39, 0.29) is 23.9 Å². The molecule has 5 heterocycles. The highest BCUT2D eigenvalue weighted by Crippen LogP contribution is 2.41. The second-order valence-electron chi connectivity index (χ2n) is 9.81. The number of fused-ring (bicyclic) bond motifs is 2. The van der Waals surface area contributed by atoms with E-state index in [0.717, 1.165) is 5.56 Å². The Balaban J connectivity index is 1.51. The van der Waals surface area contributed by atoms with Crippen molar-refractivity contribution in [2.45, 2.75) is 32.7 Å². The van der Waals surface area contributed by atoms with E-state index >= 15 is 0 Å². The van der Waals surface area contributed by atoms with Crippen LogP contribution >= 0.6 is 0 Å². The van der Waals surface area contributed by atoms with Crippen LogP contribution in [0.2, 0.25) is 0 Å². The Kier molecular flexibility index (Phi) is 5.63. The predicted molar refractivity (Wildman–Crippen MR) is 145 cm³/mol. The van der Waals surface area contributed by atoms with Gasteiger partial charge in [0.25, 0.3) is 5.91 Å². The Morgan fingerprint density at radius 3 is 2.62 bits per heavy atom. The van der Waals surface area contributed by atoms with Crippen molar-refractivity contribution in [2.75, 3.05) is 5.32 Å². The Labute approximate surface area is 222 Å². The first-order valence-electron chi connectivity index (χ1n) is 12.3. The topological polar surface area (TPSA) is 137 Å². The number of hydrogen-bond donors (Lipinski definition) is 2. The number of benzene rings is 1. The summed E-state index contributed by atoms with van der Waals surface area (Å²) in [5, 5.41) is 8.22. The molecule has 0 spiro atoms. The van der Waals surface area contributed by atoms with Gasteiger partial charge in [-0.3, -0.25) is 4.79 Å². The van der Waals surface area contributed by atoms with Crippen molar-refractivity contribution in [3.05, 3.63) is 89.1 Å². The van der Waals surface area contributed by atoms with Gasteiger partial charge >= 0.3 is 0 Å². The zero-order chi connectivity index (χ0) is 27.3. The molecule has 0 unspecified atom stereocenters. The fourth-order valence-electron chi connectivity index (χ4n) is 4.61. The number of anilines is 1. The third kappa shape index (κ3) is 4.08. The van der Waals surface area contributed by atoms with Gasteiger partial charge in [-0.25, -0.2) is 34.0 Å². The highest BCUT2D eigenvalue weighted by atomic mass is 19.1. The van der Waals surface area contributed by atoms with E-state index in [9.17, 15) is 9.18 Å². The first-order valence-corrected chi connectivity index (χ1v) is 12.3. The van der Waals surface area contributed by atoms with Crippen LogP contribution in [0.5, 0.6) is 0 Å². The third-order valence-corrected chi connectivity index (χ3v) is 6.83. The number of carbonyl (C=O) groups excluding carboxylic acids is 1. The summed E-state index contributed by atoms with van der Waals surface area (Å²) >= 11 is 0. The molecule has 11 heteroatoms. The molecule has 0 radical (unpaired) electrons. The molecule has 4 aromatic heterocycles. The summed E-state index contributed by atoms with van der Waals surface area (Å²) in [7, 11) is 0. The molecule has 0 bridgehead atoms. The summed E-state index contributed by atoms with van der Waals surface area (Å²) in [6.45, 7) is 5.73. The Morgan fingerprint density at radius 1 is 1.05 bits per heavy atom. The summed E-state index contributed by atoms with van der Waals surface area (Å²) in [4.78, 5) is 36.2. The van der Waals surface area contributed by atoms with Crippen LogP contribution in [0.3, 0.4) is 0 Å². The largest absolute Gasteiger partial charge is 0.386 e. The second kappa shape index (κ2) is 9.05. The number of halogens is 1. The average Bonchev–Trinajstić information content (AvgIpc) is 3.40. The molecule has 0 aliphatic carbocycles. The van der Waals surface area contributed by atoms with Gasteiger partial charge in [0.15, 0.2) is 17.3 Å². The maximum atomic E-state index is 14.5. The van der Waals surface area contributed by atoms with Gasteiger partial charge in [-0.05, 0) is 50.6 Å².